The second kappa shape index (κ2) is 13.1. The van der Waals surface area contributed by atoms with Crippen LogP contribution in [0.25, 0.3) is 0 Å². The summed E-state index contributed by atoms with van der Waals surface area (Å²) in [6.45, 7) is 0. The van der Waals surface area contributed by atoms with E-state index >= 15 is 0 Å². The Kier molecular flexibility index (Phi) is 14.9. The maximum absolute atomic E-state index is 9.18. The lowest BCUT2D eigenvalue weighted by molar-refractivity contribution is 0.152. The molecule has 0 spiro atoms. The van der Waals surface area contributed by atoms with E-state index in [1.807, 2.05) is 0 Å². The van der Waals surface area contributed by atoms with Crippen molar-refractivity contribution in [2.75, 3.05) is 0 Å². The van der Waals surface area contributed by atoms with Crippen molar-refractivity contribution in [3.05, 3.63) is 0 Å². The molecule has 0 saturated heterocycles. The van der Waals surface area contributed by atoms with Crippen molar-refractivity contribution in [1.82, 2.24) is 0 Å². The number of halogens is 2. The van der Waals surface area contributed by atoms with Crippen LogP contribution in [-0.2, 0) is 0 Å². The standard InChI is InChI=1S/2C7H15NO.2ClH/c2*8-6-3-1-2-4-7(9)5-6;;/h2*6-7,9H,1-5,8H2;2*1H/t2*6-,7-;;/m10../s1. The highest BCUT2D eigenvalue weighted by Gasteiger charge is 2.14. The van der Waals surface area contributed by atoms with Gasteiger partial charge in [-0.15, -0.1) is 24.8 Å². The van der Waals surface area contributed by atoms with Crippen LogP contribution in [0.3, 0.4) is 0 Å². The predicted molar refractivity (Wildman–Crippen MR) is 88.6 cm³/mol. The molecule has 20 heavy (non-hydrogen) atoms. The predicted octanol–water partition coefficient (Wildman–Crippen LogP) is 2.12. The molecule has 0 aliphatic heterocycles. The van der Waals surface area contributed by atoms with Crippen LogP contribution in [0.2, 0.25) is 0 Å². The fraction of sp³-hybridized carbons (Fsp3) is 1.00. The Morgan fingerprint density at radius 1 is 0.600 bits per heavy atom. The Labute approximate surface area is 135 Å². The van der Waals surface area contributed by atoms with Crippen LogP contribution in [0, 0.1) is 0 Å². The van der Waals surface area contributed by atoms with E-state index in [0.717, 1.165) is 51.4 Å². The van der Waals surface area contributed by atoms with Crippen molar-refractivity contribution in [3.8, 4) is 0 Å². The van der Waals surface area contributed by atoms with Crippen LogP contribution in [-0.4, -0.2) is 34.5 Å². The number of aliphatic hydroxyl groups excluding tert-OH is 2. The molecule has 2 rings (SSSR count). The van der Waals surface area contributed by atoms with Crippen molar-refractivity contribution >= 4 is 24.8 Å². The van der Waals surface area contributed by atoms with Gasteiger partial charge in [0.2, 0.25) is 0 Å². The number of rotatable bonds is 0. The van der Waals surface area contributed by atoms with Gasteiger partial charge < -0.3 is 21.7 Å². The highest BCUT2D eigenvalue weighted by Crippen LogP contribution is 2.16. The van der Waals surface area contributed by atoms with Crippen LogP contribution in [0.5, 0.6) is 0 Å². The van der Waals surface area contributed by atoms with E-state index in [-0.39, 0.29) is 49.1 Å². The van der Waals surface area contributed by atoms with Crippen LogP contribution < -0.4 is 11.5 Å². The molecular weight excluding hydrogens is 299 g/mol. The lowest BCUT2D eigenvalue weighted by Gasteiger charge is -2.09. The number of hydrogen-bond acceptors (Lipinski definition) is 4. The van der Waals surface area contributed by atoms with E-state index in [1.165, 1.54) is 12.8 Å². The van der Waals surface area contributed by atoms with E-state index in [1.54, 1.807) is 0 Å². The first kappa shape index (κ1) is 22.7. The maximum Gasteiger partial charge on any atom is 0.0555 e. The molecule has 2 aliphatic carbocycles. The largest absolute Gasteiger partial charge is 0.393 e. The molecule has 0 heterocycles. The number of hydrogen-bond donors (Lipinski definition) is 4. The zero-order chi connectivity index (χ0) is 13.4. The van der Waals surface area contributed by atoms with Gasteiger partial charge in [-0.1, -0.05) is 25.7 Å². The van der Waals surface area contributed by atoms with Gasteiger partial charge in [-0.05, 0) is 38.5 Å². The van der Waals surface area contributed by atoms with Crippen molar-refractivity contribution in [2.24, 2.45) is 11.5 Å². The second-order valence-electron chi connectivity index (χ2n) is 5.87. The maximum atomic E-state index is 9.18. The molecule has 6 heteroatoms. The molecule has 0 amide bonds. The molecule has 0 unspecified atom stereocenters. The van der Waals surface area contributed by atoms with Crippen LogP contribution >= 0.6 is 24.8 Å². The third-order valence-electron chi connectivity index (χ3n) is 3.87. The summed E-state index contributed by atoms with van der Waals surface area (Å²) in [4.78, 5) is 0. The van der Waals surface area contributed by atoms with Gasteiger partial charge in [-0.25, -0.2) is 0 Å². The van der Waals surface area contributed by atoms with Crippen LogP contribution in [0.1, 0.15) is 64.2 Å². The zero-order valence-corrected chi connectivity index (χ0v) is 13.9. The normalized spacial score (nSPS) is 34.2. The molecule has 2 aliphatic rings. The minimum absolute atomic E-state index is 0. The van der Waals surface area contributed by atoms with Gasteiger partial charge in [0.05, 0.1) is 12.2 Å². The Balaban J connectivity index is 0. The lowest BCUT2D eigenvalue weighted by Crippen LogP contribution is -2.23. The first-order chi connectivity index (χ1) is 8.58. The number of nitrogens with two attached hydrogens (primary N) is 2. The van der Waals surface area contributed by atoms with E-state index in [0.29, 0.717) is 0 Å². The summed E-state index contributed by atoms with van der Waals surface area (Å²) < 4.78 is 0. The topological polar surface area (TPSA) is 92.5 Å². The third-order valence-corrected chi connectivity index (χ3v) is 3.87. The number of aliphatic hydroxyl groups is 2. The van der Waals surface area contributed by atoms with Gasteiger partial charge in [0.1, 0.15) is 0 Å². The monoisotopic (exact) mass is 330 g/mol. The van der Waals surface area contributed by atoms with Gasteiger partial charge in [0.15, 0.2) is 0 Å². The molecule has 2 saturated carbocycles. The van der Waals surface area contributed by atoms with Gasteiger partial charge >= 0.3 is 0 Å². The van der Waals surface area contributed by atoms with Gasteiger partial charge in [-0.2, -0.15) is 0 Å². The summed E-state index contributed by atoms with van der Waals surface area (Å²) in [6, 6.07) is 0.505. The van der Waals surface area contributed by atoms with E-state index in [2.05, 4.69) is 0 Å². The molecular formula is C14H32Cl2N2O2. The molecule has 6 N–H and O–H groups in total. The molecule has 4 nitrogen and oxygen atoms in total. The quantitative estimate of drug-likeness (QED) is 0.512. The Morgan fingerprint density at radius 3 is 1.25 bits per heavy atom. The van der Waals surface area contributed by atoms with E-state index in [4.69, 9.17) is 11.5 Å². The molecule has 2 fully saturated rings. The van der Waals surface area contributed by atoms with Crippen LogP contribution in [0.4, 0.5) is 0 Å². The van der Waals surface area contributed by atoms with Crippen molar-refractivity contribution < 1.29 is 10.2 Å². The molecule has 0 aromatic heterocycles. The van der Waals surface area contributed by atoms with Crippen molar-refractivity contribution in [1.29, 1.82) is 0 Å². The summed E-state index contributed by atoms with van der Waals surface area (Å²) >= 11 is 0. The summed E-state index contributed by atoms with van der Waals surface area (Å²) in [5, 5.41) is 18.4. The minimum Gasteiger partial charge on any atom is -0.393 e. The van der Waals surface area contributed by atoms with Gasteiger partial charge in [0, 0.05) is 12.1 Å². The molecule has 0 aromatic rings. The molecule has 4 atom stereocenters. The van der Waals surface area contributed by atoms with Crippen molar-refractivity contribution in [2.45, 2.75) is 88.5 Å². The lowest BCUT2D eigenvalue weighted by atomic mass is 10.1. The second-order valence-corrected chi connectivity index (χ2v) is 5.87. The van der Waals surface area contributed by atoms with E-state index in [9.17, 15) is 10.2 Å². The summed E-state index contributed by atoms with van der Waals surface area (Å²) in [5.41, 5.74) is 11.3. The first-order valence-corrected chi connectivity index (χ1v) is 7.45. The van der Waals surface area contributed by atoms with Gasteiger partial charge in [0.25, 0.3) is 0 Å². The molecule has 0 radical (unpaired) electrons. The fourth-order valence-corrected chi connectivity index (χ4v) is 2.74. The Hall–Kier alpha value is 0.420. The first-order valence-electron chi connectivity index (χ1n) is 7.45. The highest BCUT2D eigenvalue weighted by molar-refractivity contribution is 5.85. The summed E-state index contributed by atoms with van der Waals surface area (Å²) in [5.74, 6) is 0. The third kappa shape index (κ3) is 11.1. The van der Waals surface area contributed by atoms with Gasteiger partial charge in [-0.3, -0.25) is 0 Å². The average molecular weight is 331 g/mol. The average Bonchev–Trinajstić information content (AvgIpc) is 2.59. The molecule has 0 aromatic carbocycles. The minimum atomic E-state index is -0.123. The molecule has 0 bridgehead atoms. The van der Waals surface area contributed by atoms with E-state index < -0.39 is 0 Å². The Morgan fingerprint density at radius 2 is 0.900 bits per heavy atom. The molecule has 124 valence electrons. The Bertz CT molecular complexity index is 181. The van der Waals surface area contributed by atoms with Crippen LogP contribution in [0.15, 0.2) is 0 Å². The smallest absolute Gasteiger partial charge is 0.0555 e. The zero-order valence-electron chi connectivity index (χ0n) is 12.2. The summed E-state index contributed by atoms with van der Waals surface area (Å²) in [7, 11) is 0. The highest BCUT2D eigenvalue weighted by atomic mass is 35.5. The SMILES string of the molecule is Cl.Cl.N[C@@H]1CCCC[C@@H](O)C1.N[C@H]1CCCC[C@H](O)C1. The van der Waals surface area contributed by atoms with Crippen molar-refractivity contribution in [3.63, 3.8) is 0 Å². The fourth-order valence-electron chi connectivity index (χ4n) is 2.74. The summed E-state index contributed by atoms with van der Waals surface area (Å²) in [6.07, 6.45) is 10.1.